The van der Waals surface area contributed by atoms with E-state index in [9.17, 15) is 16.8 Å². The van der Waals surface area contributed by atoms with Gasteiger partial charge in [-0.15, -0.1) is 23.7 Å². The summed E-state index contributed by atoms with van der Waals surface area (Å²) in [4.78, 5) is 0. The molecule has 2 heterocycles. The van der Waals surface area contributed by atoms with Crippen molar-refractivity contribution >= 4 is 55.6 Å². The minimum atomic E-state index is -3.92. The molecule has 0 spiro atoms. The second kappa shape index (κ2) is 9.36. The summed E-state index contributed by atoms with van der Waals surface area (Å²) in [5.41, 5.74) is 0.513. The van der Waals surface area contributed by atoms with Gasteiger partial charge in [-0.2, -0.15) is 16.1 Å². The van der Waals surface area contributed by atoms with Gasteiger partial charge in [0.25, 0.3) is 10.0 Å². The average molecular weight is 450 g/mol. The number of rotatable bonds is 8. The molecule has 2 rings (SSSR count). The molecule has 0 fully saturated rings. The Hall–Kier alpha value is 0.120. The van der Waals surface area contributed by atoms with Crippen LogP contribution in [-0.4, -0.2) is 52.8 Å². The zero-order valence-electron chi connectivity index (χ0n) is 14.1. The normalized spacial score (nSPS) is 20.0. The molecule has 146 valence electrons. The lowest BCUT2D eigenvalue weighted by molar-refractivity contribution is 0.342. The van der Waals surface area contributed by atoms with Crippen LogP contribution in [0.15, 0.2) is 14.5 Å². The van der Waals surface area contributed by atoms with E-state index in [2.05, 4.69) is 5.32 Å². The van der Waals surface area contributed by atoms with Gasteiger partial charge < -0.3 is 5.32 Å². The summed E-state index contributed by atoms with van der Waals surface area (Å²) < 4.78 is 50.3. The van der Waals surface area contributed by atoms with Gasteiger partial charge in [-0.05, 0) is 37.5 Å². The van der Waals surface area contributed by atoms with Crippen LogP contribution < -0.4 is 10.5 Å². The molecule has 1 unspecified atom stereocenters. The molecule has 1 atom stereocenters. The fourth-order valence-corrected chi connectivity index (χ4v) is 7.28. The van der Waals surface area contributed by atoms with E-state index >= 15 is 0 Å². The van der Waals surface area contributed by atoms with Crippen molar-refractivity contribution in [2.24, 2.45) is 5.14 Å². The smallest absolute Gasteiger partial charge is 0.252 e. The van der Waals surface area contributed by atoms with Crippen LogP contribution in [0.4, 0.5) is 0 Å². The molecule has 0 radical (unpaired) electrons. The monoisotopic (exact) mass is 449 g/mol. The SMILES string of the molecule is CCCNC1CN(CCCSC)S(=O)(=O)c2sc(S(N)(=O)=O)cc21.Cl. The van der Waals surface area contributed by atoms with Crippen LogP contribution in [0, 0.1) is 0 Å². The van der Waals surface area contributed by atoms with Crippen molar-refractivity contribution in [3.63, 3.8) is 0 Å². The van der Waals surface area contributed by atoms with Crippen molar-refractivity contribution in [2.45, 2.75) is 34.2 Å². The maximum Gasteiger partial charge on any atom is 0.252 e. The van der Waals surface area contributed by atoms with Gasteiger partial charge in [-0.25, -0.2) is 22.0 Å². The number of sulfonamides is 2. The Kier molecular flexibility index (Phi) is 8.67. The molecule has 1 aromatic heterocycles. The van der Waals surface area contributed by atoms with Gasteiger partial charge in [0, 0.05) is 24.7 Å². The number of nitrogens with one attached hydrogen (secondary N) is 1. The first-order chi connectivity index (χ1) is 11.2. The summed E-state index contributed by atoms with van der Waals surface area (Å²) in [6.45, 7) is 3.48. The van der Waals surface area contributed by atoms with Crippen molar-refractivity contribution < 1.29 is 16.8 Å². The molecule has 7 nitrogen and oxygen atoms in total. The number of thiophene rings is 1. The van der Waals surface area contributed by atoms with Crippen LogP contribution in [0.25, 0.3) is 0 Å². The Morgan fingerprint density at radius 2 is 2.16 bits per heavy atom. The van der Waals surface area contributed by atoms with Crippen LogP contribution in [0.3, 0.4) is 0 Å². The van der Waals surface area contributed by atoms with E-state index in [0.717, 1.165) is 36.5 Å². The molecule has 3 N–H and O–H groups in total. The third-order valence-corrected chi connectivity index (χ3v) is 9.38. The van der Waals surface area contributed by atoms with E-state index in [0.29, 0.717) is 18.7 Å². The van der Waals surface area contributed by atoms with E-state index in [-0.39, 0.29) is 26.9 Å². The van der Waals surface area contributed by atoms with E-state index in [1.807, 2.05) is 13.2 Å². The van der Waals surface area contributed by atoms with Gasteiger partial charge in [0.15, 0.2) is 0 Å². The number of nitrogens with two attached hydrogens (primary N) is 1. The number of fused-ring (bicyclic) bond motifs is 1. The van der Waals surface area contributed by atoms with Gasteiger partial charge in [-0.3, -0.25) is 0 Å². The lowest BCUT2D eigenvalue weighted by Crippen LogP contribution is -2.44. The van der Waals surface area contributed by atoms with Crippen molar-refractivity contribution in [2.75, 3.05) is 31.6 Å². The van der Waals surface area contributed by atoms with Crippen LogP contribution >= 0.6 is 35.5 Å². The molecule has 0 aromatic carbocycles. The van der Waals surface area contributed by atoms with Gasteiger partial charge >= 0.3 is 0 Å². The topological polar surface area (TPSA) is 110 Å². The zero-order chi connectivity index (χ0) is 18.0. The third kappa shape index (κ3) is 5.32. The minimum Gasteiger partial charge on any atom is -0.309 e. The summed E-state index contributed by atoms with van der Waals surface area (Å²) in [5, 5.41) is 8.50. The summed E-state index contributed by atoms with van der Waals surface area (Å²) in [6, 6.07) is 1.18. The fourth-order valence-electron chi connectivity index (χ4n) is 2.56. The largest absolute Gasteiger partial charge is 0.309 e. The van der Waals surface area contributed by atoms with E-state index < -0.39 is 20.0 Å². The van der Waals surface area contributed by atoms with E-state index in [1.54, 1.807) is 11.8 Å². The number of nitrogens with zero attached hydrogens (tertiary/aromatic N) is 1. The highest BCUT2D eigenvalue weighted by Crippen LogP contribution is 2.39. The summed E-state index contributed by atoms with van der Waals surface area (Å²) in [5.74, 6) is 0.874. The molecular formula is C13H24ClN3O4S4. The first kappa shape index (κ1) is 23.2. The van der Waals surface area contributed by atoms with Crippen molar-refractivity contribution in [1.29, 1.82) is 0 Å². The molecule has 25 heavy (non-hydrogen) atoms. The van der Waals surface area contributed by atoms with Crippen molar-refractivity contribution in [3.05, 3.63) is 11.6 Å². The Labute approximate surface area is 164 Å². The van der Waals surface area contributed by atoms with Gasteiger partial charge in [0.2, 0.25) is 10.0 Å². The molecule has 1 aliphatic rings. The predicted molar refractivity (Wildman–Crippen MR) is 106 cm³/mol. The zero-order valence-corrected chi connectivity index (χ0v) is 18.2. The molecular weight excluding hydrogens is 426 g/mol. The van der Waals surface area contributed by atoms with E-state index in [4.69, 9.17) is 5.14 Å². The minimum absolute atomic E-state index is 0. The number of hydrogen-bond donors (Lipinski definition) is 2. The van der Waals surface area contributed by atoms with Crippen LogP contribution in [0.1, 0.15) is 31.4 Å². The molecule has 0 saturated carbocycles. The second-order valence-corrected chi connectivity index (χ2v) is 11.5. The van der Waals surface area contributed by atoms with Gasteiger partial charge in [-0.1, -0.05) is 6.92 Å². The highest BCUT2D eigenvalue weighted by molar-refractivity contribution is 7.98. The molecule has 0 amide bonds. The lowest BCUT2D eigenvalue weighted by Gasteiger charge is -2.32. The number of hydrogen-bond acceptors (Lipinski definition) is 7. The Morgan fingerprint density at radius 3 is 2.72 bits per heavy atom. The lowest BCUT2D eigenvalue weighted by atomic mass is 10.1. The van der Waals surface area contributed by atoms with Gasteiger partial charge in [0.05, 0.1) is 0 Å². The van der Waals surface area contributed by atoms with Crippen molar-refractivity contribution in [3.8, 4) is 0 Å². The summed E-state index contributed by atoms with van der Waals surface area (Å²) >= 11 is 2.41. The van der Waals surface area contributed by atoms with Crippen LogP contribution in [0.5, 0.6) is 0 Å². The highest BCUT2D eigenvalue weighted by Gasteiger charge is 2.39. The highest BCUT2D eigenvalue weighted by atomic mass is 35.5. The third-order valence-electron chi connectivity index (χ3n) is 3.72. The van der Waals surface area contributed by atoms with Crippen molar-refractivity contribution in [1.82, 2.24) is 9.62 Å². The average Bonchev–Trinajstić information content (AvgIpc) is 2.95. The molecule has 0 bridgehead atoms. The molecule has 0 aliphatic carbocycles. The Balaban J connectivity index is 0.00000312. The Morgan fingerprint density at radius 1 is 1.48 bits per heavy atom. The number of halogens is 1. The molecule has 0 saturated heterocycles. The molecule has 1 aromatic rings. The van der Waals surface area contributed by atoms with Gasteiger partial charge in [0.1, 0.15) is 8.42 Å². The fraction of sp³-hybridized carbons (Fsp3) is 0.692. The second-order valence-electron chi connectivity index (χ2n) is 5.57. The first-order valence-electron chi connectivity index (χ1n) is 7.60. The van der Waals surface area contributed by atoms with E-state index in [1.165, 1.54) is 10.4 Å². The first-order valence-corrected chi connectivity index (χ1v) is 12.8. The number of thioether (sulfide) groups is 1. The number of primary sulfonamides is 1. The summed E-state index contributed by atoms with van der Waals surface area (Å²) in [7, 11) is -7.60. The Bertz CT molecular complexity index is 779. The van der Waals surface area contributed by atoms with Crippen LogP contribution in [-0.2, 0) is 20.0 Å². The predicted octanol–water partition coefficient (Wildman–Crippen LogP) is 1.62. The quantitative estimate of drug-likeness (QED) is 0.583. The molecule has 1 aliphatic heterocycles. The maximum absolute atomic E-state index is 12.8. The van der Waals surface area contributed by atoms with Crippen LogP contribution in [0.2, 0.25) is 0 Å². The molecule has 12 heteroatoms. The maximum atomic E-state index is 12.8. The standard InChI is InChI=1S/C13H23N3O4S4.ClH/c1-3-5-15-11-9-16(6-4-7-21-2)24(19,20)13-10(11)8-12(22-13)23(14,17)18;/h8,11,15H,3-7,9H2,1-2H3,(H2,14,17,18);1H. The summed E-state index contributed by atoms with van der Waals surface area (Å²) in [6.07, 6.45) is 3.63.